The number of nitrogens with zero attached hydrogens (tertiary/aromatic N) is 1. The minimum absolute atomic E-state index is 0.0833. The quantitative estimate of drug-likeness (QED) is 0.0915. The fraction of sp³-hybridized carbons (Fsp3) is 0.556. The standard InChI is InChI=1S/C36H54BN5O6/c1-25(2)19-28(34(44)40-31(15-9-10-17-38)36(46)42-18-16-30(24-42)37(47)48)22-33(43)32(21-27-13-7-4-8-14-27)41-35(45)29(23-39)20-26-11-5-3-6-12-26/h3-8,11-14,25,28-32,47-48H,9-10,15-24,38-39H2,1-2H3,(H,40,44)(H,41,45)/t28-,29-,30?,31+,32+/m0/s1. The Kier molecular flexibility index (Phi) is 16.2. The molecule has 1 aliphatic rings. The lowest BCUT2D eigenvalue weighted by atomic mass is 9.72. The zero-order chi connectivity index (χ0) is 35.1. The van der Waals surface area contributed by atoms with E-state index in [2.05, 4.69) is 10.6 Å². The Morgan fingerprint density at radius 1 is 0.854 bits per heavy atom. The van der Waals surface area contributed by atoms with E-state index in [9.17, 15) is 29.2 Å². The van der Waals surface area contributed by atoms with Crippen molar-refractivity contribution < 1.29 is 29.2 Å². The maximum atomic E-state index is 14.0. The fourth-order valence-electron chi connectivity index (χ4n) is 6.29. The number of nitrogens with one attached hydrogen (secondary N) is 2. The van der Waals surface area contributed by atoms with Gasteiger partial charge in [0.15, 0.2) is 5.78 Å². The number of benzene rings is 2. The first kappa shape index (κ1) is 38.9. The average molecular weight is 664 g/mol. The second-order valence-corrected chi connectivity index (χ2v) is 13.5. The first-order valence-corrected chi connectivity index (χ1v) is 17.3. The van der Waals surface area contributed by atoms with Gasteiger partial charge in [0.05, 0.1) is 12.0 Å². The van der Waals surface area contributed by atoms with Crippen LogP contribution in [0.4, 0.5) is 0 Å². The third kappa shape index (κ3) is 12.5. The summed E-state index contributed by atoms with van der Waals surface area (Å²) < 4.78 is 0. The molecule has 1 saturated heterocycles. The van der Waals surface area contributed by atoms with Gasteiger partial charge in [-0.25, -0.2) is 0 Å². The SMILES string of the molecule is CC(C)C[C@@H](CC(=O)[C@@H](Cc1ccccc1)NC(=O)[C@H](CN)Cc1ccccc1)C(=O)N[C@H](CCCCN)C(=O)N1CCC(B(O)O)C1. The minimum Gasteiger partial charge on any atom is -0.427 e. The Balaban J connectivity index is 1.78. The lowest BCUT2D eigenvalue weighted by Crippen LogP contribution is -2.51. The molecule has 2 aromatic rings. The summed E-state index contributed by atoms with van der Waals surface area (Å²) in [6, 6.07) is 17.3. The van der Waals surface area contributed by atoms with E-state index in [0.717, 1.165) is 11.1 Å². The summed E-state index contributed by atoms with van der Waals surface area (Å²) in [5.74, 6) is -2.88. The van der Waals surface area contributed by atoms with E-state index in [4.69, 9.17) is 11.5 Å². The van der Waals surface area contributed by atoms with Crippen LogP contribution in [0.1, 0.15) is 63.5 Å². The summed E-state index contributed by atoms with van der Waals surface area (Å²) in [5, 5.41) is 25.1. The van der Waals surface area contributed by atoms with Crippen LogP contribution in [0.15, 0.2) is 60.7 Å². The smallest absolute Gasteiger partial charge is 0.427 e. The van der Waals surface area contributed by atoms with E-state index in [0.29, 0.717) is 51.6 Å². The predicted molar refractivity (Wildman–Crippen MR) is 187 cm³/mol. The molecule has 0 radical (unpaired) electrons. The fourth-order valence-corrected chi connectivity index (χ4v) is 6.29. The van der Waals surface area contributed by atoms with Crippen molar-refractivity contribution in [2.24, 2.45) is 29.2 Å². The van der Waals surface area contributed by atoms with Crippen molar-refractivity contribution in [2.75, 3.05) is 26.2 Å². The maximum absolute atomic E-state index is 14.0. The number of carbonyl (C=O) groups is 4. The molecule has 1 aliphatic heterocycles. The monoisotopic (exact) mass is 663 g/mol. The molecule has 8 N–H and O–H groups in total. The molecule has 2 aromatic carbocycles. The van der Waals surface area contributed by atoms with Crippen LogP contribution in [0.3, 0.4) is 0 Å². The normalized spacial score (nSPS) is 17.0. The third-order valence-electron chi connectivity index (χ3n) is 9.06. The van der Waals surface area contributed by atoms with Gasteiger partial charge in [-0.05, 0) is 68.5 Å². The van der Waals surface area contributed by atoms with Gasteiger partial charge in [0, 0.05) is 37.8 Å². The van der Waals surface area contributed by atoms with Crippen molar-refractivity contribution in [1.29, 1.82) is 0 Å². The summed E-state index contributed by atoms with van der Waals surface area (Å²) in [6.45, 7) is 5.07. The zero-order valence-electron chi connectivity index (χ0n) is 28.4. The van der Waals surface area contributed by atoms with Crippen molar-refractivity contribution >= 4 is 30.6 Å². The number of hydrogen-bond donors (Lipinski definition) is 6. The molecule has 0 bridgehead atoms. The molecule has 0 aliphatic carbocycles. The van der Waals surface area contributed by atoms with E-state index in [1.54, 1.807) is 4.90 Å². The number of amides is 3. The molecule has 11 nitrogen and oxygen atoms in total. The molecule has 0 saturated carbocycles. The molecule has 1 heterocycles. The molecule has 0 spiro atoms. The van der Waals surface area contributed by atoms with Gasteiger partial charge in [0.1, 0.15) is 6.04 Å². The molecular weight excluding hydrogens is 609 g/mol. The average Bonchev–Trinajstić information content (AvgIpc) is 3.57. The number of carbonyl (C=O) groups excluding carboxylic acids is 4. The van der Waals surface area contributed by atoms with Crippen LogP contribution in [-0.4, -0.2) is 83.8 Å². The van der Waals surface area contributed by atoms with Crippen molar-refractivity contribution in [3.63, 3.8) is 0 Å². The summed E-state index contributed by atoms with van der Waals surface area (Å²) in [4.78, 5) is 56.5. The zero-order valence-corrected chi connectivity index (χ0v) is 28.4. The number of Topliss-reactive ketones (excluding diaryl/α,β-unsaturated/α-hetero) is 1. The maximum Gasteiger partial charge on any atom is 0.456 e. The molecule has 12 heteroatoms. The van der Waals surface area contributed by atoms with Crippen LogP contribution in [0.25, 0.3) is 0 Å². The van der Waals surface area contributed by atoms with Crippen LogP contribution in [0, 0.1) is 17.8 Å². The van der Waals surface area contributed by atoms with Crippen molar-refractivity contribution in [2.45, 2.75) is 83.1 Å². The van der Waals surface area contributed by atoms with E-state index in [1.807, 2.05) is 74.5 Å². The summed E-state index contributed by atoms with van der Waals surface area (Å²) in [6.07, 6.45) is 3.14. The molecule has 3 amide bonds. The predicted octanol–water partition coefficient (Wildman–Crippen LogP) is 1.84. The number of rotatable bonds is 20. The molecule has 48 heavy (non-hydrogen) atoms. The molecule has 1 unspecified atom stereocenters. The Morgan fingerprint density at radius 3 is 1.98 bits per heavy atom. The van der Waals surface area contributed by atoms with Gasteiger partial charge >= 0.3 is 7.12 Å². The second-order valence-electron chi connectivity index (χ2n) is 13.5. The molecule has 5 atom stereocenters. The highest BCUT2D eigenvalue weighted by molar-refractivity contribution is 6.43. The van der Waals surface area contributed by atoms with Crippen molar-refractivity contribution in [3.8, 4) is 0 Å². The summed E-state index contributed by atoms with van der Waals surface area (Å²) in [7, 11) is -1.52. The Bertz CT molecular complexity index is 1300. The van der Waals surface area contributed by atoms with Crippen LogP contribution < -0.4 is 22.1 Å². The van der Waals surface area contributed by atoms with Gasteiger partial charge in [-0.3, -0.25) is 19.2 Å². The van der Waals surface area contributed by atoms with E-state index >= 15 is 0 Å². The lowest BCUT2D eigenvalue weighted by Gasteiger charge is -2.28. The summed E-state index contributed by atoms with van der Waals surface area (Å²) in [5.41, 5.74) is 13.6. The van der Waals surface area contributed by atoms with E-state index in [-0.39, 0.29) is 49.4 Å². The number of nitrogens with two attached hydrogens (primary N) is 2. The van der Waals surface area contributed by atoms with Crippen LogP contribution in [-0.2, 0) is 32.0 Å². The van der Waals surface area contributed by atoms with Gasteiger partial charge in [-0.15, -0.1) is 0 Å². The van der Waals surface area contributed by atoms with Crippen LogP contribution in [0.5, 0.6) is 0 Å². The highest BCUT2D eigenvalue weighted by atomic mass is 16.4. The van der Waals surface area contributed by atoms with Gasteiger partial charge in [-0.1, -0.05) is 74.5 Å². The van der Waals surface area contributed by atoms with E-state index in [1.165, 1.54) is 0 Å². The molecular formula is C36H54BN5O6. The van der Waals surface area contributed by atoms with Crippen molar-refractivity contribution in [3.05, 3.63) is 71.8 Å². The first-order valence-electron chi connectivity index (χ1n) is 17.3. The van der Waals surface area contributed by atoms with Crippen LogP contribution >= 0.6 is 0 Å². The number of ketones is 1. The third-order valence-corrected chi connectivity index (χ3v) is 9.06. The van der Waals surface area contributed by atoms with Gasteiger partial charge in [0.25, 0.3) is 0 Å². The molecule has 3 rings (SSSR count). The first-order chi connectivity index (χ1) is 23.0. The van der Waals surface area contributed by atoms with Crippen LogP contribution in [0.2, 0.25) is 5.82 Å². The number of likely N-dealkylation sites (tertiary alicyclic amines) is 1. The highest BCUT2D eigenvalue weighted by Gasteiger charge is 2.37. The Hall–Kier alpha value is -3.58. The number of hydrogen-bond acceptors (Lipinski definition) is 8. The topological polar surface area (TPSA) is 188 Å². The summed E-state index contributed by atoms with van der Waals surface area (Å²) >= 11 is 0. The Morgan fingerprint density at radius 2 is 1.44 bits per heavy atom. The Labute approximate surface area is 285 Å². The van der Waals surface area contributed by atoms with Gasteiger partial charge < -0.3 is 37.0 Å². The second kappa shape index (κ2) is 20.1. The van der Waals surface area contributed by atoms with E-state index < -0.39 is 42.8 Å². The molecule has 1 fully saturated rings. The lowest BCUT2D eigenvalue weighted by molar-refractivity contribution is -0.138. The minimum atomic E-state index is -1.52. The highest BCUT2D eigenvalue weighted by Crippen LogP contribution is 2.25. The van der Waals surface area contributed by atoms with Crippen molar-refractivity contribution in [1.82, 2.24) is 15.5 Å². The largest absolute Gasteiger partial charge is 0.456 e. The molecule has 0 aromatic heterocycles. The van der Waals surface area contributed by atoms with Gasteiger partial charge in [0.2, 0.25) is 17.7 Å². The molecule has 262 valence electrons. The number of unbranched alkanes of at least 4 members (excludes halogenated alkanes) is 1. The van der Waals surface area contributed by atoms with Gasteiger partial charge in [-0.2, -0.15) is 0 Å².